The van der Waals surface area contributed by atoms with E-state index in [1.807, 2.05) is 30.0 Å². The molecule has 0 saturated carbocycles. The summed E-state index contributed by atoms with van der Waals surface area (Å²) >= 11 is 3.47. The van der Waals surface area contributed by atoms with Crippen LogP contribution in [-0.2, 0) is 0 Å². The summed E-state index contributed by atoms with van der Waals surface area (Å²) in [7, 11) is 0. The Bertz CT molecular complexity index is 697. The minimum atomic E-state index is 0.0439. The smallest absolute Gasteiger partial charge is 0.255 e. The van der Waals surface area contributed by atoms with Crippen LogP contribution in [0.5, 0.6) is 0 Å². The number of nitrogens with zero attached hydrogens (tertiary/aromatic N) is 2. The van der Waals surface area contributed by atoms with Gasteiger partial charge in [0.2, 0.25) is 0 Å². The molecule has 2 aromatic rings. The first-order chi connectivity index (χ1) is 11.5. The zero-order valence-corrected chi connectivity index (χ0v) is 16.1. The molecule has 24 heavy (non-hydrogen) atoms. The molecule has 1 aromatic carbocycles. The van der Waals surface area contributed by atoms with Crippen molar-refractivity contribution in [3.8, 4) is 0 Å². The van der Waals surface area contributed by atoms with E-state index in [9.17, 15) is 4.79 Å². The predicted molar refractivity (Wildman–Crippen MR) is 103 cm³/mol. The monoisotopic (exact) mass is 389 g/mol. The summed E-state index contributed by atoms with van der Waals surface area (Å²) in [6, 6.07) is 7.92. The molecule has 2 rings (SSSR count). The molecule has 0 aliphatic rings. The van der Waals surface area contributed by atoms with Crippen LogP contribution in [0.4, 0.5) is 11.4 Å². The second-order valence-corrected chi connectivity index (χ2v) is 6.75. The number of pyridine rings is 1. The van der Waals surface area contributed by atoms with Crippen molar-refractivity contribution in [1.29, 1.82) is 0 Å². The van der Waals surface area contributed by atoms with E-state index in [-0.39, 0.29) is 5.91 Å². The van der Waals surface area contributed by atoms with E-state index >= 15 is 0 Å². The van der Waals surface area contributed by atoms with Crippen LogP contribution in [0.2, 0.25) is 0 Å². The highest BCUT2D eigenvalue weighted by Gasteiger charge is 2.15. The number of carbonyl (C=O) groups is 1. The van der Waals surface area contributed by atoms with Crippen molar-refractivity contribution in [2.24, 2.45) is 0 Å². The lowest BCUT2D eigenvalue weighted by Crippen LogP contribution is -2.32. The van der Waals surface area contributed by atoms with Gasteiger partial charge < -0.3 is 10.2 Å². The van der Waals surface area contributed by atoms with Crippen molar-refractivity contribution in [3.05, 3.63) is 52.3 Å². The highest BCUT2D eigenvalue weighted by molar-refractivity contribution is 9.10. The van der Waals surface area contributed by atoms with E-state index < -0.39 is 0 Å². The summed E-state index contributed by atoms with van der Waals surface area (Å²) in [5.74, 6) is 0.0439. The van der Waals surface area contributed by atoms with Crippen molar-refractivity contribution in [2.45, 2.75) is 33.6 Å². The summed E-state index contributed by atoms with van der Waals surface area (Å²) in [4.78, 5) is 18.8. The summed E-state index contributed by atoms with van der Waals surface area (Å²) in [6.45, 7) is 7.76. The van der Waals surface area contributed by atoms with Crippen LogP contribution in [-0.4, -0.2) is 28.9 Å². The SMILES string of the molecule is CCCN(CCC)C(=O)c1cncc(Nc2ccc(Br)cc2C)c1. The summed E-state index contributed by atoms with van der Waals surface area (Å²) in [6.07, 6.45) is 5.28. The minimum Gasteiger partial charge on any atom is -0.354 e. The molecule has 0 atom stereocenters. The molecule has 0 fully saturated rings. The van der Waals surface area contributed by atoms with Gasteiger partial charge >= 0.3 is 0 Å². The maximum absolute atomic E-state index is 12.7. The van der Waals surface area contributed by atoms with Gasteiger partial charge in [-0.25, -0.2) is 0 Å². The minimum absolute atomic E-state index is 0.0439. The standard InChI is InChI=1S/C19H24BrN3O/c1-4-8-23(9-5-2)19(24)15-11-17(13-21-12-15)22-18-7-6-16(20)10-14(18)3/h6-7,10-13,22H,4-5,8-9H2,1-3H3. The topological polar surface area (TPSA) is 45.2 Å². The lowest BCUT2D eigenvalue weighted by atomic mass is 10.2. The highest BCUT2D eigenvalue weighted by atomic mass is 79.9. The van der Waals surface area contributed by atoms with Gasteiger partial charge in [0.25, 0.3) is 5.91 Å². The largest absolute Gasteiger partial charge is 0.354 e. The van der Waals surface area contributed by atoms with Crippen molar-refractivity contribution in [3.63, 3.8) is 0 Å². The fraction of sp³-hybridized carbons (Fsp3) is 0.368. The summed E-state index contributed by atoms with van der Waals surface area (Å²) in [5, 5.41) is 3.34. The van der Waals surface area contributed by atoms with Crippen molar-refractivity contribution < 1.29 is 4.79 Å². The second-order valence-electron chi connectivity index (χ2n) is 5.84. The van der Waals surface area contributed by atoms with Crippen LogP contribution >= 0.6 is 15.9 Å². The fourth-order valence-electron chi connectivity index (χ4n) is 2.59. The molecule has 1 heterocycles. The third kappa shape index (κ3) is 4.81. The average molecular weight is 390 g/mol. The quantitative estimate of drug-likeness (QED) is 0.711. The molecule has 0 radical (unpaired) electrons. The first-order valence-electron chi connectivity index (χ1n) is 8.32. The molecule has 0 aliphatic carbocycles. The Balaban J connectivity index is 2.20. The van der Waals surface area contributed by atoms with E-state index in [4.69, 9.17) is 0 Å². The van der Waals surface area contributed by atoms with Gasteiger partial charge in [-0.2, -0.15) is 0 Å². The number of halogens is 1. The molecular formula is C19H24BrN3O. The molecule has 1 amide bonds. The van der Waals surface area contributed by atoms with Gasteiger partial charge in [-0.05, 0) is 49.6 Å². The van der Waals surface area contributed by atoms with Gasteiger partial charge in [-0.1, -0.05) is 29.8 Å². The molecule has 128 valence electrons. The van der Waals surface area contributed by atoms with Crippen molar-refractivity contribution in [2.75, 3.05) is 18.4 Å². The normalized spacial score (nSPS) is 10.5. The molecule has 0 bridgehead atoms. The predicted octanol–water partition coefficient (Wildman–Crippen LogP) is 5.16. The van der Waals surface area contributed by atoms with Gasteiger partial charge in [0.05, 0.1) is 17.4 Å². The first-order valence-corrected chi connectivity index (χ1v) is 9.12. The number of anilines is 2. The van der Waals surface area contributed by atoms with E-state index in [0.29, 0.717) is 5.56 Å². The van der Waals surface area contributed by atoms with Crippen molar-refractivity contribution >= 4 is 33.2 Å². The lowest BCUT2D eigenvalue weighted by molar-refractivity contribution is 0.0755. The van der Waals surface area contributed by atoms with Crippen LogP contribution < -0.4 is 5.32 Å². The number of hydrogen-bond acceptors (Lipinski definition) is 3. The molecule has 1 N–H and O–H groups in total. The molecule has 0 aliphatic heterocycles. The average Bonchev–Trinajstić information content (AvgIpc) is 2.57. The zero-order valence-electron chi connectivity index (χ0n) is 14.5. The second kappa shape index (κ2) is 8.83. The van der Waals surface area contributed by atoms with Gasteiger partial charge in [-0.15, -0.1) is 0 Å². The molecule has 0 saturated heterocycles. The van der Waals surface area contributed by atoms with E-state index in [0.717, 1.165) is 47.3 Å². The van der Waals surface area contributed by atoms with Gasteiger partial charge in [-0.3, -0.25) is 9.78 Å². The molecule has 1 aromatic heterocycles. The molecular weight excluding hydrogens is 366 g/mol. The third-order valence-corrected chi connectivity index (χ3v) is 4.22. The van der Waals surface area contributed by atoms with E-state index in [1.165, 1.54) is 0 Å². The van der Waals surface area contributed by atoms with Crippen molar-refractivity contribution in [1.82, 2.24) is 9.88 Å². The number of hydrogen-bond donors (Lipinski definition) is 1. The zero-order chi connectivity index (χ0) is 17.5. The van der Waals surface area contributed by atoms with Crippen LogP contribution in [0, 0.1) is 6.92 Å². The van der Waals surface area contributed by atoms with Gasteiger partial charge in [0.15, 0.2) is 0 Å². The highest BCUT2D eigenvalue weighted by Crippen LogP contribution is 2.24. The number of carbonyl (C=O) groups excluding carboxylic acids is 1. The van der Waals surface area contributed by atoms with E-state index in [1.54, 1.807) is 12.4 Å². The number of nitrogens with one attached hydrogen (secondary N) is 1. The molecule has 5 heteroatoms. The first kappa shape index (κ1) is 18.5. The number of benzene rings is 1. The number of amides is 1. The van der Waals surface area contributed by atoms with E-state index in [2.05, 4.69) is 46.1 Å². The number of rotatable bonds is 7. The Labute approximate surface area is 152 Å². The summed E-state index contributed by atoms with van der Waals surface area (Å²) in [5.41, 5.74) is 3.57. The van der Waals surface area contributed by atoms with Gasteiger partial charge in [0, 0.05) is 29.4 Å². The Morgan fingerprint density at radius 1 is 1.17 bits per heavy atom. The van der Waals surface area contributed by atoms with Crippen LogP contribution in [0.3, 0.4) is 0 Å². The maximum Gasteiger partial charge on any atom is 0.255 e. The molecule has 0 unspecified atom stereocenters. The van der Waals surface area contributed by atoms with Crippen LogP contribution in [0.25, 0.3) is 0 Å². The Kier molecular flexibility index (Phi) is 6.79. The van der Waals surface area contributed by atoms with Gasteiger partial charge in [0.1, 0.15) is 0 Å². The van der Waals surface area contributed by atoms with Crippen LogP contribution in [0.15, 0.2) is 41.1 Å². The number of aryl methyl sites for hydroxylation is 1. The molecule has 0 spiro atoms. The Hall–Kier alpha value is -1.88. The fourth-order valence-corrected chi connectivity index (χ4v) is 3.06. The Morgan fingerprint density at radius 2 is 1.88 bits per heavy atom. The summed E-state index contributed by atoms with van der Waals surface area (Å²) < 4.78 is 1.04. The third-order valence-electron chi connectivity index (χ3n) is 3.73. The Morgan fingerprint density at radius 3 is 2.50 bits per heavy atom. The maximum atomic E-state index is 12.7. The number of aromatic nitrogens is 1. The lowest BCUT2D eigenvalue weighted by Gasteiger charge is -2.21. The molecule has 4 nitrogen and oxygen atoms in total. The van der Waals surface area contributed by atoms with Crippen LogP contribution in [0.1, 0.15) is 42.6 Å².